The highest BCUT2D eigenvalue weighted by atomic mass is 16.7. The molecule has 1 saturated heterocycles. The van der Waals surface area contributed by atoms with Crippen LogP contribution in [0.3, 0.4) is 0 Å². The Bertz CT molecular complexity index is 239. The maximum absolute atomic E-state index is 9.60. The summed E-state index contributed by atoms with van der Waals surface area (Å²) < 4.78 is 21.3. The van der Waals surface area contributed by atoms with Gasteiger partial charge in [0.25, 0.3) is 0 Å². The van der Waals surface area contributed by atoms with Crippen LogP contribution in [0.4, 0.5) is 0 Å². The fourth-order valence-electron chi connectivity index (χ4n) is 1.88. The molecule has 0 bridgehead atoms. The largest absolute Gasteiger partial charge is 0.394 e. The third-order valence-corrected chi connectivity index (χ3v) is 2.97. The molecular weight excluding hydrogens is 268 g/mol. The minimum atomic E-state index is -1.08. The summed E-state index contributed by atoms with van der Waals surface area (Å²) in [6.45, 7) is 4.21. The van der Waals surface area contributed by atoms with Gasteiger partial charge in [-0.15, -0.1) is 0 Å². The molecule has 20 heavy (non-hydrogen) atoms. The van der Waals surface area contributed by atoms with E-state index in [4.69, 9.17) is 24.1 Å². The second kappa shape index (κ2) is 10.4. The molecule has 3 N–H and O–H groups in total. The molecule has 4 atom stereocenters. The van der Waals surface area contributed by atoms with Crippen LogP contribution >= 0.6 is 0 Å². The van der Waals surface area contributed by atoms with Gasteiger partial charge in [-0.25, -0.2) is 0 Å². The average Bonchev–Trinajstić information content (AvgIpc) is 2.45. The van der Waals surface area contributed by atoms with Gasteiger partial charge >= 0.3 is 0 Å². The van der Waals surface area contributed by atoms with E-state index < -0.39 is 24.6 Å². The van der Waals surface area contributed by atoms with E-state index in [0.29, 0.717) is 26.4 Å². The average molecular weight is 294 g/mol. The van der Waals surface area contributed by atoms with Crippen molar-refractivity contribution in [3.63, 3.8) is 0 Å². The summed E-state index contributed by atoms with van der Waals surface area (Å²) in [4.78, 5) is 0. The second-order valence-electron chi connectivity index (χ2n) is 4.68. The minimum absolute atomic E-state index is 0.178. The molecule has 0 aromatic carbocycles. The van der Waals surface area contributed by atoms with Crippen molar-refractivity contribution in [2.45, 2.75) is 44.4 Å². The number of hydrogen-bond donors (Lipinski definition) is 3. The van der Waals surface area contributed by atoms with E-state index in [0.717, 1.165) is 13.0 Å². The first-order valence-electron chi connectivity index (χ1n) is 7.08. The first kappa shape index (κ1) is 17.8. The van der Waals surface area contributed by atoms with Crippen molar-refractivity contribution in [3.8, 4) is 0 Å². The second-order valence-corrected chi connectivity index (χ2v) is 4.68. The van der Waals surface area contributed by atoms with Gasteiger partial charge in [0.05, 0.1) is 39.1 Å². The maximum Gasteiger partial charge on any atom is 0.160 e. The van der Waals surface area contributed by atoms with Gasteiger partial charge in [0.15, 0.2) is 6.29 Å². The molecule has 0 aliphatic carbocycles. The van der Waals surface area contributed by atoms with Crippen molar-refractivity contribution < 1.29 is 34.3 Å². The molecule has 120 valence electrons. The third kappa shape index (κ3) is 6.45. The molecule has 1 rings (SSSR count). The molecule has 0 aromatic heterocycles. The molecule has 7 heteroatoms. The number of rotatable bonds is 10. The predicted octanol–water partition coefficient (Wildman–Crippen LogP) is -0.725. The van der Waals surface area contributed by atoms with Crippen LogP contribution in [0, 0.1) is 0 Å². The normalized spacial score (nSPS) is 30.6. The van der Waals surface area contributed by atoms with Gasteiger partial charge < -0.3 is 34.3 Å². The van der Waals surface area contributed by atoms with Crippen LogP contribution in [0.5, 0.6) is 0 Å². The van der Waals surface area contributed by atoms with Crippen molar-refractivity contribution in [2.24, 2.45) is 0 Å². The van der Waals surface area contributed by atoms with Gasteiger partial charge in [0.1, 0.15) is 12.2 Å². The Hall–Kier alpha value is -0.280. The first-order valence-corrected chi connectivity index (χ1v) is 7.08. The van der Waals surface area contributed by atoms with Gasteiger partial charge in [0, 0.05) is 13.0 Å². The molecule has 0 amide bonds. The Labute approximate surface area is 119 Å². The number of aliphatic hydroxyl groups excluding tert-OH is 3. The van der Waals surface area contributed by atoms with E-state index in [1.54, 1.807) is 0 Å². The van der Waals surface area contributed by atoms with E-state index in [1.807, 2.05) is 6.92 Å². The Balaban J connectivity index is 2.04. The van der Waals surface area contributed by atoms with E-state index in [9.17, 15) is 10.2 Å². The smallest absolute Gasteiger partial charge is 0.160 e. The lowest BCUT2D eigenvalue weighted by Gasteiger charge is -2.35. The number of hydrogen-bond acceptors (Lipinski definition) is 7. The lowest BCUT2D eigenvalue weighted by Crippen LogP contribution is -2.50. The molecule has 1 fully saturated rings. The molecule has 0 saturated carbocycles. The van der Waals surface area contributed by atoms with Crippen molar-refractivity contribution in [1.29, 1.82) is 0 Å². The summed E-state index contributed by atoms with van der Waals surface area (Å²) >= 11 is 0. The van der Waals surface area contributed by atoms with Gasteiger partial charge in [-0.1, -0.05) is 6.92 Å². The lowest BCUT2D eigenvalue weighted by molar-refractivity contribution is -0.259. The predicted molar refractivity (Wildman–Crippen MR) is 70.3 cm³/mol. The monoisotopic (exact) mass is 294 g/mol. The Morgan fingerprint density at radius 3 is 2.35 bits per heavy atom. The summed E-state index contributed by atoms with van der Waals surface area (Å²) in [5.74, 6) is 0. The quantitative estimate of drug-likeness (QED) is 0.457. The number of aliphatic hydroxyl groups is 3. The van der Waals surface area contributed by atoms with Crippen molar-refractivity contribution in [3.05, 3.63) is 0 Å². The summed E-state index contributed by atoms with van der Waals surface area (Å²) in [5, 5.41) is 28.2. The van der Waals surface area contributed by atoms with Crippen LogP contribution in [0.1, 0.15) is 19.8 Å². The van der Waals surface area contributed by atoms with Gasteiger partial charge in [-0.3, -0.25) is 0 Å². The van der Waals surface area contributed by atoms with Crippen LogP contribution in [0.2, 0.25) is 0 Å². The van der Waals surface area contributed by atoms with Crippen LogP contribution in [-0.4, -0.2) is 79.6 Å². The summed E-state index contributed by atoms with van der Waals surface area (Å²) in [6.07, 6.45) is -2.31. The Morgan fingerprint density at radius 1 is 1.05 bits per heavy atom. The van der Waals surface area contributed by atoms with E-state index in [1.165, 1.54) is 0 Å². The minimum Gasteiger partial charge on any atom is -0.394 e. The van der Waals surface area contributed by atoms with Crippen LogP contribution in [-0.2, 0) is 18.9 Å². The summed E-state index contributed by atoms with van der Waals surface area (Å²) in [7, 11) is 0. The summed E-state index contributed by atoms with van der Waals surface area (Å²) in [6, 6.07) is 0. The molecule has 0 aromatic rings. The molecular formula is C13H26O7. The zero-order chi connectivity index (χ0) is 14.8. The van der Waals surface area contributed by atoms with E-state index in [2.05, 4.69) is 0 Å². The molecule has 4 unspecified atom stereocenters. The zero-order valence-electron chi connectivity index (χ0n) is 11.9. The van der Waals surface area contributed by atoms with Crippen molar-refractivity contribution >= 4 is 0 Å². The molecule has 0 radical (unpaired) electrons. The Morgan fingerprint density at radius 2 is 1.70 bits per heavy atom. The number of ether oxygens (including phenoxy) is 4. The lowest BCUT2D eigenvalue weighted by atomic mass is 10.0. The molecule has 7 nitrogen and oxygen atoms in total. The molecule has 1 heterocycles. The van der Waals surface area contributed by atoms with E-state index in [-0.39, 0.29) is 13.0 Å². The van der Waals surface area contributed by atoms with Crippen molar-refractivity contribution in [2.75, 3.05) is 39.6 Å². The van der Waals surface area contributed by atoms with Crippen LogP contribution in [0.15, 0.2) is 0 Å². The first-order chi connectivity index (χ1) is 9.69. The van der Waals surface area contributed by atoms with Gasteiger partial charge in [-0.05, 0) is 6.42 Å². The van der Waals surface area contributed by atoms with Crippen molar-refractivity contribution in [1.82, 2.24) is 0 Å². The molecule has 0 spiro atoms. The highest BCUT2D eigenvalue weighted by molar-refractivity contribution is 4.82. The van der Waals surface area contributed by atoms with Crippen LogP contribution < -0.4 is 0 Å². The Kier molecular flexibility index (Phi) is 9.28. The van der Waals surface area contributed by atoms with E-state index >= 15 is 0 Å². The highest BCUT2D eigenvalue weighted by Gasteiger charge is 2.36. The highest BCUT2D eigenvalue weighted by Crippen LogP contribution is 2.20. The van der Waals surface area contributed by atoms with Crippen LogP contribution in [0.25, 0.3) is 0 Å². The standard InChI is InChI=1S/C13H26O7/c1-2-3-17-4-5-18-6-7-19-12-8-10(15)13(16)11(9-14)20-12/h10-16H,2-9H2,1H3. The zero-order valence-corrected chi connectivity index (χ0v) is 11.9. The van der Waals surface area contributed by atoms with Gasteiger partial charge in [0.2, 0.25) is 0 Å². The fourth-order valence-corrected chi connectivity index (χ4v) is 1.88. The maximum atomic E-state index is 9.60. The fraction of sp³-hybridized carbons (Fsp3) is 1.00. The van der Waals surface area contributed by atoms with Gasteiger partial charge in [-0.2, -0.15) is 0 Å². The SMILES string of the molecule is CCCOCCOCCOC1CC(O)C(O)C(CO)O1. The third-order valence-electron chi connectivity index (χ3n) is 2.97. The topological polar surface area (TPSA) is 97.6 Å². The molecule has 1 aliphatic rings. The summed E-state index contributed by atoms with van der Waals surface area (Å²) in [5.41, 5.74) is 0. The molecule has 1 aliphatic heterocycles.